The minimum absolute atomic E-state index is 0.276. The zero-order valence-corrected chi connectivity index (χ0v) is 5.42. The first-order valence-corrected chi connectivity index (χ1v) is 3.21. The molecule has 1 saturated heterocycles. The van der Waals surface area contributed by atoms with Crippen molar-refractivity contribution in [3.63, 3.8) is 0 Å². The predicted molar refractivity (Wildman–Crippen MR) is 35.1 cm³/mol. The van der Waals surface area contributed by atoms with E-state index in [0.29, 0.717) is 12.5 Å². The molecule has 0 saturated carbocycles. The van der Waals surface area contributed by atoms with Gasteiger partial charge in [0.15, 0.2) is 0 Å². The standard InChI is InChI=1S/C7H12O2/c1-2-6-3-7(8)5-9-4-6/h2,6-8H,1,3-5H2/t6-,7-/m0/s1. The minimum Gasteiger partial charge on any atom is -0.391 e. The number of rotatable bonds is 1. The van der Waals surface area contributed by atoms with Crippen molar-refractivity contribution in [3.05, 3.63) is 12.7 Å². The summed E-state index contributed by atoms with van der Waals surface area (Å²) >= 11 is 0. The Kier molecular flexibility index (Phi) is 2.25. The average molecular weight is 128 g/mol. The van der Waals surface area contributed by atoms with Crippen LogP contribution in [-0.2, 0) is 4.74 Å². The quantitative estimate of drug-likeness (QED) is 0.523. The van der Waals surface area contributed by atoms with Gasteiger partial charge >= 0.3 is 0 Å². The fraction of sp³-hybridized carbons (Fsp3) is 0.714. The van der Waals surface area contributed by atoms with E-state index in [-0.39, 0.29) is 6.10 Å². The van der Waals surface area contributed by atoms with Crippen molar-refractivity contribution in [2.24, 2.45) is 5.92 Å². The zero-order valence-electron chi connectivity index (χ0n) is 5.42. The Balaban J connectivity index is 2.31. The summed E-state index contributed by atoms with van der Waals surface area (Å²) in [5.74, 6) is 0.355. The third kappa shape index (κ3) is 1.80. The molecule has 0 radical (unpaired) electrons. The molecule has 1 aliphatic heterocycles. The lowest BCUT2D eigenvalue weighted by atomic mass is 10.0. The molecule has 0 unspecified atom stereocenters. The Hall–Kier alpha value is -0.340. The Bertz CT molecular complexity index is 101. The van der Waals surface area contributed by atoms with Gasteiger partial charge in [-0.2, -0.15) is 0 Å². The van der Waals surface area contributed by atoms with Gasteiger partial charge in [0.2, 0.25) is 0 Å². The summed E-state index contributed by atoms with van der Waals surface area (Å²) in [6.45, 7) is 4.84. The summed E-state index contributed by atoms with van der Waals surface area (Å²) in [6.07, 6.45) is 2.37. The molecule has 0 bridgehead atoms. The molecule has 9 heavy (non-hydrogen) atoms. The van der Waals surface area contributed by atoms with Crippen LogP contribution in [0.5, 0.6) is 0 Å². The van der Waals surface area contributed by atoms with Crippen molar-refractivity contribution in [3.8, 4) is 0 Å². The number of ether oxygens (including phenoxy) is 1. The SMILES string of the molecule is C=C[C@@H]1COC[C@@H](O)C1. The van der Waals surface area contributed by atoms with Crippen molar-refractivity contribution in [2.45, 2.75) is 12.5 Å². The average Bonchev–Trinajstić information content (AvgIpc) is 1.88. The molecule has 0 amide bonds. The van der Waals surface area contributed by atoms with Gasteiger partial charge in [-0.25, -0.2) is 0 Å². The highest BCUT2D eigenvalue weighted by molar-refractivity contribution is 4.83. The monoisotopic (exact) mass is 128 g/mol. The van der Waals surface area contributed by atoms with E-state index < -0.39 is 0 Å². The van der Waals surface area contributed by atoms with Crippen LogP contribution in [0.1, 0.15) is 6.42 Å². The summed E-state index contributed by atoms with van der Waals surface area (Å²) in [5.41, 5.74) is 0. The topological polar surface area (TPSA) is 29.5 Å². The first-order chi connectivity index (χ1) is 4.33. The maximum Gasteiger partial charge on any atom is 0.0780 e. The Labute approximate surface area is 55.1 Å². The molecule has 0 aromatic rings. The van der Waals surface area contributed by atoms with Gasteiger partial charge in [0.05, 0.1) is 19.3 Å². The van der Waals surface area contributed by atoms with Crippen LogP contribution in [0.2, 0.25) is 0 Å². The molecule has 1 heterocycles. The van der Waals surface area contributed by atoms with Crippen molar-refractivity contribution < 1.29 is 9.84 Å². The van der Waals surface area contributed by atoms with Gasteiger partial charge in [-0.15, -0.1) is 6.58 Å². The molecule has 2 atom stereocenters. The number of hydrogen-bond donors (Lipinski definition) is 1. The van der Waals surface area contributed by atoms with Gasteiger partial charge in [-0.05, 0) is 6.42 Å². The lowest BCUT2D eigenvalue weighted by Crippen LogP contribution is -2.27. The molecule has 52 valence electrons. The lowest BCUT2D eigenvalue weighted by Gasteiger charge is -2.23. The third-order valence-electron chi connectivity index (χ3n) is 1.55. The zero-order chi connectivity index (χ0) is 6.69. The lowest BCUT2D eigenvalue weighted by molar-refractivity contribution is -0.0245. The van der Waals surface area contributed by atoms with Crippen molar-refractivity contribution >= 4 is 0 Å². The molecule has 2 nitrogen and oxygen atoms in total. The number of aliphatic hydroxyl groups excluding tert-OH is 1. The Morgan fingerprint density at radius 1 is 1.56 bits per heavy atom. The van der Waals surface area contributed by atoms with Crippen LogP contribution in [0.25, 0.3) is 0 Å². The molecule has 0 aliphatic carbocycles. The molecule has 0 aromatic heterocycles. The second-order valence-electron chi connectivity index (χ2n) is 2.42. The first kappa shape index (κ1) is 6.78. The molecule has 1 aliphatic rings. The predicted octanol–water partition coefficient (Wildman–Crippen LogP) is 0.570. The Morgan fingerprint density at radius 3 is 2.78 bits per heavy atom. The summed E-state index contributed by atoms with van der Waals surface area (Å²) < 4.78 is 5.06. The molecule has 1 fully saturated rings. The van der Waals surface area contributed by atoms with Crippen LogP contribution in [0.4, 0.5) is 0 Å². The molecule has 0 aromatic carbocycles. The maximum absolute atomic E-state index is 9.04. The maximum atomic E-state index is 9.04. The van der Waals surface area contributed by atoms with E-state index in [2.05, 4.69) is 6.58 Å². The van der Waals surface area contributed by atoms with E-state index in [1.165, 1.54) is 0 Å². The van der Waals surface area contributed by atoms with Crippen molar-refractivity contribution in [1.82, 2.24) is 0 Å². The van der Waals surface area contributed by atoms with E-state index in [1.54, 1.807) is 0 Å². The largest absolute Gasteiger partial charge is 0.391 e. The molecule has 2 heteroatoms. The van der Waals surface area contributed by atoms with Crippen LogP contribution >= 0.6 is 0 Å². The molecular weight excluding hydrogens is 116 g/mol. The summed E-state index contributed by atoms with van der Waals surface area (Å²) in [6, 6.07) is 0. The second kappa shape index (κ2) is 2.99. The number of hydrogen-bond acceptors (Lipinski definition) is 2. The van der Waals surface area contributed by atoms with Crippen LogP contribution < -0.4 is 0 Å². The molecule has 1 N–H and O–H groups in total. The van der Waals surface area contributed by atoms with Gasteiger partial charge in [0, 0.05) is 5.92 Å². The van der Waals surface area contributed by atoms with E-state index >= 15 is 0 Å². The fourth-order valence-electron chi connectivity index (χ4n) is 1.01. The van der Waals surface area contributed by atoms with E-state index in [1.807, 2.05) is 6.08 Å². The highest BCUT2D eigenvalue weighted by Gasteiger charge is 2.17. The van der Waals surface area contributed by atoms with Crippen LogP contribution in [0, 0.1) is 5.92 Å². The van der Waals surface area contributed by atoms with Gasteiger partial charge in [-0.3, -0.25) is 0 Å². The van der Waals surface area contributed by atoms with E-state index in [9.17, 15) is 0 Å². The number of aliphatic hydroxyl groups is 1. The second-order valence-corrected chi connectivity index (χ2v) is 2.42. The highest BCUT2D eigenvalue weighted by atomic mass is 16.5. The van der Waals surface area contributed by atoms with E-state index in [0.717, 1.165) is 13.0 Å². The first-order valence-electron chi connectivity index (χ1n) is 3.21. The summed E-state index contributed by atoms with van der Waals surface area (Å²) in [7, 11) is 0. The van der Waals surface area contributed by atoms with Gasteiger partial charge < -0.3 is 9.84 Å². The Morgan fingerprint density at radius 2 is 2.33 bits per heavy atom. The molecule has 1 rings (SSSR count). The fourth-order valence-corrected chi connectivity index (χ4v) is 1.01. The smallest absolute Gasteiger partial charge is 0.0780 e. The van der Waals surface area contributed by atoms with Crippen molar-refractivity contribution in [2.75, 3.05) is 13.2 Å². The minimum atomic E-state index is -0.276. The van der Waals surface area contributed by atoms with Crippen molar-refractivity contribution in [1.29, 1.82) is 0 Å². The third-order valence-corrected chi connectivity index (χ3v) is 1.55. The normalized spacial score (nSPS) is 36.1. The van der Waals surface area contributed by atoms with Gasteiger partial charge in [0.1, 0.15) is 0 Å². The van der Waals surface area contributed by atoms with Crippen LogP contribution in [0.3, 0.4) is 0 Å². The van der Waals surface area contributed by atoms with Gasteiger partial charge in [0.25, 0.3) is 0 Å². The highest BCUT2D eigenvalue weighted by Crippen LogP contribution is 2.13. The van der Waals surface area contributed by atoms with Gasteiger partial charge in [-0.1, -0.05) is 6.08 Å². The van der Waals surface area contributed by atoms with Crippen LogP contribution in [-0.4, -0.2) is 24.4 Å². The summed E-state index contributed by atoms with van der Waals surface area (Å²) in [4.78, 5) is 0. The summed E-state index contributed by atoms with van der Waals surface area (Å²) in [5, 5.41) is 9.04. The van der Waals surface area contributed by atoms with E-state index in [4.69, 9.17) is 9.84 Å². The molecular formula is C7H12O2. The van der Waals surface area contributed by atoms with Crippen LogP contribution in [0.15, 0.2) is 12.7 Å². The molecule has 0 spiro atoms.